The third-order valence-corrected chi connectivity index (χ3v) is 11.3. The lowest BCUT2D eigenvalue weighted by atomic mass is 9.76. The maximum atomic E-state index is 14.3. The molecule has 0 spiro atoms. The van der Waals surface area contributed by atoms with Crippen molar-refractivity contribution >= 4 is 45.9 Å². The highest BCUT2D eigenvalue weighted by Gasteiger charge is 2.34. The van der Waals surface area contributed by atoms with E-state index in [1.165, 1.54) is 34.3 Å². The molecule has 0 fully saturated rings. The van der Waals surface area contributed by atoms with E-state index in [1.807, 2.05) is 18.2 Å². The van der Waals surface area contributed by atoms with Gasteiger partial charge in [-0.3, -0.25) is 24.1 Å². The standard InChI is InChI=1S/C41H49N5O7S/c1-6-30(7-2)45(19-18-44(5)34(47)14-15-35(48)49)24-26-10-8-11-27(20-26)38(51)43-39-36(32-16-17-41(3,4)22-33(32)54-39)37(50)29-23-42-46(25-29)31-13-9-12-28(21-31)40(52)53/h8-13,20-21,23,25,30H,6-7,14-19,22,24H2,1-5H3,(H,43,51)(H,48,49)(H,52,53). The fraction of sp³-hybridized carbons (Fsp3) is 0.415. The van der Waals surface area contributed by atoms with Crippen molar-refractivity contribution in [2.75, 3.05) is 25.5 Å². The predicted octanol–water partition coefficient (Wildman–Crippen LogP) is 6.94. The molecule has 2 amide bonds. The Morgan fingerprint density at radius 1 is 0.963 bits per heavy atom. The lowest BCUT2D eigenvalue weighted by molar-refractivity contribution is -0.140. The molecule has 54 heavy (non-hydrogen) atoms. The fourth-order valence-corrected chi connectivity index (χ4v) is 8.46. The first-order chi connectivity index (χ1) is 25.7. The fourth-order valence-electron chi connectivity index (χ4n) is 6.97. The SMILES string of the molecule is CCC(CC)N(CCN(C)C(=O)CCC(=O)O)Cc1cccc(C(=O)Nc2sc3c(c2C(=O)c2cnn(-c4cccc(C(=O)O)c4)c2)CCC(C)(C)C3)c1. The number of rotatable bonds is 17. The number of carbonyl (C=O) groups is 5. The van der Waals surface area contributed by atoms with E-state index in [2.05, 4.69) is 43.0 Å². The van der Waals surface area contributed by atoms with Crippen molar-refractivity contribution in [1.29, 1.82) is 0 Å². The van der Waals surface area contributed by atoms with Crippen LogP contribution in [0.15, 0.2) is 60.9 Å². The van der Waals surface area contributed by atoms with Gasteiger partial charge in [-0.05, 0) is 79.0 Å². The summed E-state index contributed by atoms with van der Waals surface area (Å²) in [4.78, 5) is 68.1. The molecule has 2 aromatic heterocycles. The van der Waals surface area contributed by atoms with Gasteiger partial charge in [0.05, 0.1) is 35.0 Å². The number of likely N-dealkylation sites (N-methyl/N-ethyl adjacent to an activating group) is 1. The number of carbonyl (C=O) groups excluding carboxylic acids is 3. The van der Waals surface area contributed by atoms with Gasteiger partial charge in [-0.25, -0.2) is 9.48 Å². The number of benzene rings is 2. The molecule has 0 atom stereocenters. The van der Waals surface area contributed by atoms with Gasteiger partial charge in [0.25, 0.3) is 5.91 Å². The van der Waals surface area contributed by atoms with Gasteiger partial charge in [0.15, 0.2) is 5.78 Å². The second-order valence-electron chi connectivity index (χ2n) is 14.7. The Kier molecular flexibility index (Phi) is 12.9. The highest BCUT2D eigenvalue weighted by molar-refractivity contribution is 7.17. The second-order valence-corrected chi connectivity index (χ2v) is 15.8. The van der Waals surface area contributed by atoms with Gasteiger partial charge in [0.2, 0.25) is 5.91 Å². The molecular weight excluding hydrogens is 707 g/mol. The van der Waals surface area contributed by atoms with Crippen molar-refractivity contribution < 1.29 is 34.2 Å². The van der Waals surface area contributed by atoms with E-state index in [9.17, 15) is 29.1 Å². The molecule has 0 bridgehead atoms. The summed E-state index contributed by atoms with van der Waals surface area (Å²) in [6.45, 7) is 10.2. The minimum Gasteiger partial charge on any atom is -0.481 e. The molecule has 0 unspecified atom stereocenters. The molecule has 5 rings (SSSR count). The number of hydrogen-bond donors (Lipinski definition) is 3. The van der Waals surface area contributed by atoms with Crippen LogP contribution in [0.4, 0.5) is 5.00 Å². The zero-order valence-electron chi connectivity index (χ0n) is 31.6. The number of fused-ring (bicyclic) bond motifs is 1. The van der Waals surface area contributed by atoms with Crippen LogP contribution in [-0.4, -0.2) is 85.5 Å². The van der Waals surface area contributed by atoms with Crippen LogP contribution >= 0.6 is 11.3 Å². The van der Waals surface area contributed by atoms with Crippen LogP contribution in [0, 0.1) is 5.41 Å². The predicted molar refractivity (Wildman–Crippen MR) is 208 cm³/mol. The Morgan fingerprint density at radius 3 is 2.39 bits per heavy atom. The van der Waals surface area contributed by atoms with Crippen LogP contribution < -0.4 is 5.32 Å². The number of hydrogen-bond acceptors (Lipinski definition) is 8. The van der Waals surface area contributed by atoms with E-state index in [0.717, 1.165) is 41.7 Å². The Hall–Kier alpha value is -5.14. The number of carboxylic acid groups (broad SMARTS) is 2. The van der Waals surface area contributed by atoms with Gasteiger partial charge in [0.1, 0.15) is 5.00 Å². The van der Waals surface area contributed by atoms with Gasteiger partial charge in [0, 0.05) is 55.8 Å². The van der Waals surface area contributed by atoms with Crippen molar-refractivity contribution in [3.8, 4) is 5.69 Å². The smallest absolute Gasteiger partial charge is 0.335 e. The monoisotopic (exact) mass is 755 g/mol. The molecule has 12 nitrogen and oxygen atoms in total. The quantitative estimate of drug-likeness (QED) is 0.0969. The highest BCUT2D eigenvalue weighted by atomic mass is 32.1. The average Bonchev–Trinajstić information content (AvgIpc) is 3.77. The molecule has 2 aromatic carbocycles. The van der Waals surface area contributed by atoms with Crippen molar-refractivity contribution in [3.05, 3.63) is 99.2 Å². The van der Waals surface area contributed by atoms with Gasteiger partial charge in [-0.2, -0.15) is 5.10 Å². The van der Waals surface area contributed by atoms with E-state index >= 15 is 0 Å². The van der Waals surface area contributed by atoms with Crippen molar-refractivity contribution in [2.24, 2.45) is 5.41 Å². The molecule has 0 radical (unpaired) electrons. The van der Waals surface area contributed by atoms with E-state index in [0.29, 0.717) is 53.4 Å². The van der Waals surface area contributed by atoms with Crippen LogP contribution in [0.1, 0.15) is 112 Å². The second kappa shape index (κ2) is 17.3. The van der Waals surface area contributed by atoms with Crippen molar-refractivity contribution in [2.45, 2.75) is 85.2 Å². The number of carboxylic acids is 2. The number of ketones is 1. The number of amides is 2. The summed E-state index contributed by atoms with van der Waals surface area (Å²) in [6.07, 6.45) is 6.99. The maximum Gasteiger partial charge on any atom is 0.335 e. The van der Waals surface area contributed by atoms with Crippen LogP contribution in [0.2, 0.25) is 0 Å². The lowest BCUT2D eigenvalue weighted by Crippen LogP contribution is -2.41. The zero-order chi connectivity index (χ0) is 39.2. The molecule has 4 aromatic rings. The Morgan fingerprint density at radius 2 is 1.69 bits per heavy atom. The van der Waals surface area contributed by atoms with Crippen molar-refractivity contribution in [3.63, 3.8) is 0 Å². The molecule has 13 heteroatoms. The molecular formula is C41H49N5O7S. The molecule has 1 aliphatic rings. The lowest BCUT2D eigenvalue weighted by Gasteiger charge is -2.32. The first-order valence-corrected chi connectivity index (χ1v) is 19.2. The minimum absolute atomic E-state index is 0.0427. The molecule has 0 saturated carbocycles. The normalized spacial score (nSPS) is 13.5. The van der Waals surface area contributed by atoms with Gasteiger partial charge >= 0.3 is 11.9 Å². The largest absolute Gasteiger partial charge is 0.481 e. The Bertz CT molecular complexity index is 2030. The van der Waals surface area contributed by atoms with Crippen LogP contribution in [-0.2, 0) is 29.0 Å². The summed E-state index contributed by atoms with van der Waals surface area (Å²) in [6, 6.07) is 14.0. The third kappa shape index (κ3) is 9.69. The number of anilines is 1. The number of aromatic nitrogens is 2. The minimum atomic E-state index is -1.06. The molecule has 2 heterocycles. The van der Waals surface area contributed by atoms with Crippen LogP contribution in [0.5, 0.6) is 0 Å². The summed E-state index contributed by atoms with van der Waals surface area (Å²) < 4.78 is 1.48. The number of aromatic carboxylic acids is 1. The summed E-state index contributed by atoms with van der Waals surface area (Å²) in [5.41, 5.74) is 3.79. The highest BCUT2D eigenvalue weighted by Crippen LogP contribution is 2.44. The third-order valence-electron chi connectivity index (χ3n) is 10.2. The zero-order valence-corrected chi connectivity index (χ0v) is 32.4. The van der Waals surface area contributed by atoms with E-state index < -0.39 is 11.9 Å². The Balaban J connectivity index is 1.37. The van der Waals surface area contributed by atoms with E-state index in [-0.39, 0.29) is 47.5 Å². The maximum absolute atomic E-state index is 14.3. The van der Waals surface area contributed by atoms with Gasteiger partial charge < -0.3 is 20.4 Å². The first kappa shape index (κ1) is 40.1. The van der Waals surface area contributed by atoms with E-state index in [1.54, 1.807) is 36.3 Å². The molecule has 0 aliphatic heterocycles. The summed E-state index contributed by atoms with van der Waals surface area (Å²) >= 11 is 1.44. The summed E-state index contributed by atoms with van der Waals surface area (Å²) in [5.74, 6) is -2.86. The van der Waals surface area contributed by atoms with Gasteiger partial charge in [-0.1, -0.05) is 45.9 Å². The number of aliphatic carboxylic acids is 1. The number of thiophene rings is 1. The van der Waals surface area contributed by atoms with Gasteiger partial charge in [-0.15, -0.1) is 11.3 Å². The molecule has 0 saturated heterocycles. The molecule has 3 N–H and O–H groups in total. The summed E-state index contributed by atoms with van der Waals surface area (Å²) in [7, 11) is 1.69. The first-order valence-electron chi connectivity index (χ1n) is 18.4. The van der Waals surface area contributed by atoms with Crippen LogP contribution in [0.3, 0.4) is 0 Å². The topological polar surface area (TPSA) is 162 Å². The number of nitrogens with one attached hydrogen (secondary N) is 1. The summed E-state index contributed by atoms with van der Waals surface area (Å²) in [5, 5.41) is 26.4. The Labute approximate surface area is 319 Å². The van der Waals surface area contributed by atoms with Crippen molar-refractivity contribution in [1.82, 2.24) is 19.6 Å². The average molecular weight is 756 g/mol. The van der Waals surface area contributed by atoms with Crippen LogP contribution in [0.25, 0.3) is 5.69 Å². The van der Waals surface area contributed by atoms with E-state index in [4.69, 9.17) is 5.11 Å². The molecule has 286 valence electrons. The number of nitrogens with zero attached hydrogens (tertiary/aromatic N) is 4. The molecule has 1 aliphatic carbocycles.